The average molecular weight is 487 g/mol. The smallest absolute Gasteiger partial charge is 0.230 e. The first kappa shape index (κ1) is 23.9. The minimum Gasteiger partial charge on any atom is -0.458 e. The third-order valence-electron chi connectivity index (χ3n) is 5.74. The van der Waals surface area contributed by atoms with E-state index in [4.69, 9.17) is 43.4 Å². The quantitative estimate of drug-likeness (QED) is 0.415. The van der Waals surface area contributed by atoms with E-state index in [2.05, 4.69) is 9.80 Å². The van der Waals surface area contributed by atoms with Crippen molar-refractivity contribution in [2.75, 3.05) is 59.4 Å². The highest BCUT2D eigenvalue weighted by Gasteiger charge is 2.15. The first-order valence-electron chi connectivity index (χ1n) is 11.3. The molecule has 8 heteroatoms. The molecule has 2 aromatic carbocycles. The Morgan fingerprint density at radius 2 is 1.00 bits per heavy atom. The highest BCUT2D eigenvalue weighted by Crippen LogP contribution is 2.17. The highest BCUT2D eigenvalue weighted by atomic mass is 32.1. The van der Waals surface area contributed by atoms with E-state index in [0.717, 1.165) is 86.9 Å². The van der Waals surface area contributed by atoms with Crippen LogP contribution in [0.25, 0.3) is 0 Å². The van der Waals surface area contributed by atoms with Gasteiger partial charge in [0.2, 0.25) is 6.79 Å². The summed E-state index contributed by atoms with van der Waals surface area (Å²) < 4.78 is 22.3. The topological polar surface area (TPSA) is 43.4 Å². The lowest BCUT2D eigenvalue weighted by Crippen LogP contribution is -2.40. The molecule has 0 aromatic heterocycles. The molecule has 2 aliphatic rings. The molecule has 0 aliphatic carbocycles. The Hall–Kier alpha value is -2.26. The second-order valence-electron chi connectivity index (χ2n) is 8.03. The Labute approximate surface area is 206 Å². The zero-order valence-electron chi connectivity index (χ0n) is 18.7. The van der Waals surface area contributed by atoms with Gasteiger partial charge in [-0.15, -0.1) is 0 Å². The maximum atomic E-state index is 5.74. The lowest BCUT2D eigenvalue weighted by Gasteiger charge is -2.29. The number of benzene rings is 2. The molecule has 0 saturated carbocycles. The van der Waals surface area contributed by atoms with Gasteiger partial charge in [0.15, 0.2) is 0 Å². The summed E-state index contributed by atoms with van der Waals surface area (Å²) in [5, 5.41) is 0. The van der Waals surface area contributed by atoms with Crippen molar-refractivity contribution in [3.63, 3.8) is 0 Å². The van der Waals surface area contributed by atoms with Crippen molar-refractivity contribution in [2.24, 2.45) is 0 Å². The summed E-state index contributed by atoms with van der Waals surface area (Å²) in [7, 11) is 0. The third-order valence-corrected chi connectivity index (χ3v) is 6.54. The number of nitrogens with zero attached hydrogens (tertiary/aromatic N) is 2. The van der Waals surface area contributed by atoms with Crippen LogP contribution in [0, 0.1) is 0 Å². The van der Waals surface area contributed by atoms with Gasteiger partial charge in [-0.25, -0.2) is 0 Å². The highest BCUT2D eigenvalue weighted by molar-refractivity contribution is 7.80. The van der Waals surface area contributed by atoms with Crippen molar-refractivity contribution in [1.29, 1.82) is 0 Å². The molecule has 0 amide bonds. The first-order chi connectivity index (χ1) is 16.2. The van der Waals surface area contributed by atoms with Crippen molar-refractivity contribution in [1.82, 2.24) is 9.80 Å². The molecule has 2 heterocycles. The average Bonchev–Trinajstić information content (AvgIpc) is 2.87. The zero-order valence-corrected chi connectivity index (χ0v) is 20.4. The van der Waals surface area contributed by atoms with Crippen molar-refractivity contribution in [3.05, 3.63) is 59.7 Å². The minimum absolute atomic E-state index is 0.150. The van der Waals surface area contributed by atoms with Crippen LogP contribution in [-0.4, -0.2) is 79.2 Å². The third kappa shape index (κ3) is 7.37. The van der Waals surface area contributed by atoms with Crippen LogP contribution < -0.4 is 9.47 Å². The van der Waals surface area contributed by atoms with E-state index >= 15 is 0 Å². The molecule has 0 N–H and O–H groups in total. The summed E-state index contributed by atoms with van der Waals surface area (Å²) in [5.41, 5.74) is 2.34. The number of morpholine rings is 2. The van der Waals surface area contributed by atoms with Crippen molar-refractivity contribution in [2.45, 2.75) is 12.8 Å². The molecule has 6 nitrogen and oxygen atoms in total. The fraction of sp³-hybridized carbons (Fsp3) is 0.440. The molecule has 2 aliphatic heterocycles. The van der Waals surface area contributed by atoms with Gasteiger partial charge in [-0.05, 0) is 35.4 Å². The zero-order chi connectivity index (χ0) is 22.9. The molecule has 4 rings (SSSR count). The maximum Gasteiger partial charge on any atom is 0.230 e. The Morgan fingerprint density at radius 3 is 1.36 bits per heavy atom. The summed E-state index contributed by atoms with van der Waals surface area (Å²) in [4.78, 5) is 6.37. The lowest BCUT2D eigenvalue weighted by molar-refractivity contribution is 0.0684. The molecule has 2 aromatic rings. The van der Waals surface area contributed by atoms with E-state index in [-0.39, 0.29) is 6.79 Å². The van der Waals surface area contributed by atoms with Gasteiger partial charge in [0.05, 0.1) is 36.4 Å². The Kier molecular flexibility index (Phi) is 8.88. The summed E-state index contributed by atoms with van der Waals surface area (Å²) in [6.07, 6.45) is 1.51. The van der Waals surface area contributed by atoms with Crippen molar-refractivity contribution < 1.29 is 18.9 Å². The fourth-order valence-corrected chi connectivity index (χ4v) is 4.47. The molecule has 0 spiro atoms. The number of rotatable bonds is 8. The number of hydrogen-bond donors (Lipinski definition) is 0. The standard InChI is InChI=1S/C25H30N2O4S2/c32-24(26-9-13-28-14-10-26)17-20-1-5-22(6-2-20)30-19-31-23-7-3-21(4-8-23)18-25(33)27-11-15-29-16-12-27/h1-8H,9-19H2. The minimum atomic E-state index is 0.150. The van der Waals surface area contributed by atoms with Gasteiger partial charge in [0.1, 0.15) is 11.5 Å². The molecule has 2 saturated heterocycles. The predicted octanol–water partition coefficient (Wildman–Crippen LogP) is 3.51. The van der Waals surface area contributed by atoms with Gasteiger partial charge in [-0.1, -0.05) is 48.7 Å². The van der Waals surface area contributed by atoms with Crippen molar-refractivity contribution >= 4 is 34.4 Å². The van der Waals surface area contributed by atoms with Crippen LogP contribution in [0.5, 0.6) is 11.5 Å². The molecular weight excluding hydrogens is 456 g/mol. The Morgan fingerprint density at radius 1 is 0.636 bits per heavy atom. The first-order valence-corrected chi connectivity index (χ1v) is 12.1. The van der Waals surface area contributed by atoms with Gasteiger partial charge in [-0.2, -0.15) is 0 Å². The van der Waals surface area contributed by atoms with Gasteiger partial charge in [0.25, 0.3) is 0 Å². The van der Waals surface area contributed by atoms with Crippen LogP contribution in [-0.2, 0) is 22.3 Å². The molecular formula is C25H30N2O4S2. The molecule has 0 radical (unpaired) electrons. The van der Waals surface area contributed by atoms with E-state index < -0.39 is 0 Å². The molecule has 0 bridgehead atoms. The van der Waals surface area contributed by atoms with Crippen LogP contribution in [0.4, 0.5) is 0 Å². The second-order valence-corrected chi connectivity index (χ2v) is 8.98. The number of thiocarbonyl (C=S) groups is 2. The van der Waals surface area contributed by atoms with Gasteiger partial charge < -0.3 is 28.7 Å². The Balaban J connectivity index is 1.18. The van der Waals surface area contributed by atoms with Gasteiger partial charge >= 0.3 is 0 Å². The van der Waals surface area contributed by atoms with E-state index in [9.17, 15) is 0 Å². The van der Waals surface area contributed by atoms with E-state index in [1.807, 2.05) is 48.5 Å². The lowest BCUT2D eigenvalue weighted by atomic mass is 10.1. The van der Waals surface area contributed by atoms with Gasteiger partial charge in [0, 0.05) is 39.0 Å². The van der Waals surface area contributed by atoms with E-state index in [1.54, 1.807) is 0 Å². The molecule has 0 atom stereocenters. The second kappa shape index (κ2) is 12.3. The summed E-state index contributed by atoms with van der Waals surface area (Å²) >= 11 is 11.2. The van der Waals surface area contributed by atoms with Crippen molar-refractivity contribution in [3.8, 4) is 11.5 Å². The number of hydrogen-bond acceptors (Lipinski definition) is 6. The fourth-order valence-electron chi connectivity index (χ4n) is 3.77. The Bertz CT molecular complexity index is 834. The molecule has 2 fully saturated rings. The monoisotopic (exact) mass is 486 g/mol. The van der Waals surface area contributed by atoms with Crippen LogP contribution in [0.3, 0.4) is 0 Å². The summed E-state index contributed by atoms with van der Waals surface area (Å²) in [6, 6.07) is 16.0. The van der Waals surface area contributed by atoms with E-state index in [1.165, 1.54) is 11.1 Å². The summed E-state index contributed by atoms with van der Waals surface area (Å²) in [6.45, 7) is 6.64. The SMILES string of the molecule is S=C(Cc1ccc(OCOc2ccc(CC(=S)N3CCOCC3)cc2)cc1)N1CCOCC1. The summed E-state index contributed by atoms with van der Waals surface area (Å²) in [5.74, 6) is 1.53. The predicted molar refractivity (Wildman–Crippen MR) is 136 cm³/mol. The molecule has 176 valence electrons. The normalized spacial score (nSPS) is 16.4. The van der Waals surface area contributed by atoms with Crippen LogP contribution in [0.2, 0.25) is 0 Å². The maximum absolute atomic E-state index is 5.74. The van der Waals surface area contributed by atoms with Crippen LogP contribution >= 0.6 is 24.4 Å². The van der Waals surface area contributed by atoms with Gasteiger partial charge in [-0.3, -0.25) is 0 Å². The number of ether oxygens (including phenoxy) is 4. The molecule has 0 unspecified atom stereocenters. The molecule has 33 heavy (non-hydrogen) atoms. The van der Waals surface area contributed by atoms with Crippen LogP contribution in [0.1, 0.15) is 11.1 Å². The van der Waals surface area contributed by atoms with E-state index in [0.29, 0.717) is 0 Å². The van der Waals surface area contributed by atoms with Crippen LogP contribution in [0.15, 0.2) is 48.5 Å². The largest absolute Gasteiger partial charge is 0.458 e.